The van der Waals surface area contributed by atoms with Crippen LogP contribution in [0.2, 0.25) is 0 Å². The van der Waals surface area contributed by atoms with Gasteiger partial charge in [0.05, 0.1) is 5.41 Å². The van der Waals surface area contributed by atoms with Crippen LogP contribution in [0.3, 0.4) is 0 Å². The summed E-state index contributed by atoms with van der Waals surface area (Å²) in [6, 6.07) is 70.3. The summed E-state index contributed by atoms with van der Waals surface area (Å²) in [6.07, 6.45) is 7.60. The van der Waals surface area contributed by atoms with E-state index in [0.29, 0.717) is 0 Å². The number of benzene rings is 10. The van der Waals surface area contributed by atoms with Crippen LogP contribution in [0.5, 0.6) is 0 Å². The van der Waals surface area contributed by atoms with E-state index in [1.165, 1.54) is 120 Å². The van der Waals surface area contributed by atoms with Gasteiger partial charge >= 0.3 is 0 Å². The molecule has 10 aromatic carbocycles. The molecule has 3 aliphatic carbocycles. The second kappa shape index (κ2) is 11.4. The lowest BCUT2D eigenvalue weighted by Gasteiger charge is -2.36. The number of rotatable bonds is 2. The molecule has 0 saturated heterocycles. The number of hydrogen-bond acceptors (Lipinski definition) is 0. The molecule has 0 bridgehead atoms. The Morgan fingerprint density at radius 2 is 0.737 bits per heavy atom. The molecule has 0 heterocycles. The Kier molecular flexibility index (Phi) is 6.19. The molecule has 3 aliphatic rings. The molecule has 0 aromatic heterocycles. The van der Waals surface area contributed by atoms with Crippen LogP contribution in [0, 0.1) is 0 Å². The molecule has 262 valence electrons. The Bertz CT molecular complexity index is 3580. The van der Waals surface area contributed by atoms with Gasteiger partial charge < -0.3 is 0 Å². The minimum absolute atomic E-state index is 0.508. The zero-order valence-corrected chi connectivity index (χ0v) is 31.1. The largest absolute Gasteiger partial charge is 0.0664 e. The topological polar surface area (TPSA) is 0 Å². The Morgan fingerprint density at radius 3 is 1.35 bits per heavy atom. The summed E-state index contributed by atoms with van der Waals surface area (Å²) in [7, 11) is 0. The molecule has 0 aliphatic heterocycles. The van der Waals surface area contributed by atoms with Crippen molar-refractivity contribution in [2.45, 2.75) is 5.41 Å². The van der Waals surface area contributed by atoms with Gasteiger partial charge in [0.1, 0.15) is 0 Å². The van der Waals surface area contributed by atoms with E-state index in [9.17, 15) is 0 Å². The van der Waals surface area contributed by atoms with E-state index in [0.717, 1.165) is 0 Å². The fourth-order valence-electron chi connectivity index (χ4n) is 10.9. The van der Waals surface area contributed by atoms with Crippen molar-refractivity contribution in [1.29, 1.82) is 0 Å². The number of allylic oxidation sites excluding steroid dienone is 4. The van der Waals surface area contributed by atoms with Crippen molar-refractivity contribution in [2.24, 2.45) is 0 Å². The summed E-state index contributed by atoms with van der Waals surface area (Å²) in [6.45, 7) is 0. The van der Waals surface area contributed by atoms with Crippen molar-refractivity contribution < 1.29 is 0 Å². The Labute approximate surface area is 330 Å². The first kappa shape index (κ1) is 31.0. The lowest BCUT2D eigenvalue weighted by Crippen LogP contribution is -2.34. The van der Waals surface area contributed by atoms with Crippen LogP contribution >= 0.6 is 0 Å². The van der Waals surface area contributed by atoms with Gasteiger partial charge in [-0.3, -0.25) is 0 Å². The molecule has 1 spiro atoms. The molecule has 0 radical (unpaired) electrons. The van der Waals surface area contributed by atoms with Crippen LogP contribution in [0.25, 0.3) is 93.3 Å². The van der Waals surface area contributed by atoms with Crippen molar-refractivity contribution in [3.05, 3.63) is 233 Å². The highest BCUT2D eigenvalue weighted by Gasteiger charge is 2.48. The molecule has 0 heteroatoms. The van der Waals surface area contributed by atoms with Crippen LogP contribution < -0.4 is 10.4 Å². The molecule has 13 rings (SSSR count). The number of hydrogen-bond donors (Lipinski definition) is 0. The van der Waals surface area contributed by atoms with E-state index in [-0.39, 0.29) is 0 Å². The molecular formula is C57H34. The first-order chi connectivity index (χ1) is 28.3. The normalized spacial score (nSPS) is 14.8. The highest BCUT2D eigenvalue weighted by atomic mass is 14.5. The van der Waals surface area contributed by atoms with Gasteiger partial charge in [-0.25, -0.2) is 0 Å². The van der Waals surface area contributed by atoms with Crippen molar-refractivity contribution >= 4 is 71.1 Å². The van der Waals surface area contributed by atoms with Gasteiger partial charge in [-0.1, -0.05) is 176 Å². The van der Waals surface area contributed by atoms with Crippen molar-refractivity contribution in [3.63, 3.8) is 0 Å². The second-order valence-electron chi connectivity index (χ2n) is 15.9. The summed E-state index contributed by atoms with van der Waals surface area (Å²) in [4.78, 5) is 0. The van der Waals surface area contributed by atoms with Gasteiger partial charge in [-0.05, 0) is 150 Å². The fraction of sp³-hybridized carbons (Fsp3) is 0.0175. The Balaban J connectivity index is 1.20. The lowest BCUT2D eigenvalue weighted by molar-refractivity contribution is 0.863. The van der Waals surface area contributed by atoms with Gasteiger partial charge in [0.15, 0.2) is 0 Å². The van der Waals surface area contributed by atoms with Gasteiger partial charge in [-0.2, -0.15) is 0 Å². The quantitative estimate of drug-likeness (QED) is 0.156. The van der Waals surface area contributed by atoms with Crippen molar-refractivity contribution in [3.8, 4) is 22.3 Å². The van der Waals surface area contributed by atoms with E-state index >= 15 is 0 Å². The predicted molar refractivity (Wildman–Crippen MR) is 242 cm³/mol. The molecule has 0 saturated carbocycles. The minimum atomic E-state index is -0.508. The van der Waals surface area contributed by atoms with E-state index in [1.54, 1.807) is 0 Å². The molecule has 0 amide bonds. The average Bonchev–Trinajstić information content (AvgIpc) is 3.79. The highest BCUT2D eigenvalue weighted by Crippen LogP contribution is 2.59. The van der Waals surface area contributed by atoms with Crippen molar-refractivity contribution in [1.82, 2.24) is 0 Å². The third kappa shape index (κ3) is 4.12. The molecule has 0 atom stereocenters. The molecule has 57 heavy (non-hydrogen) atoms. The summed E-state index contributed by atoms with van der Waals surface area (Å²) in [5.74, 6) is 0. The van der Waals surface area contributed by atoms with Gasteiger partial charge in [0.2, 0.25) is 0 Å². The zero-order chi connectivity index (χ0) is 37.2. The first-order valence-electron chi connectivity index (χ1n) is 20.0. The maximum absolute atomic E-state index is 2.62. The monoisotopic (exact) mass is 718 g/mol. The molecular weight excluding hydrogens is 685 g/mol. The number of fused-ring (bicyclic) bond motifs is 16. The maximum atomic E-state index is 2.62. The van der Waals surface area contributed by atoms with Crippen LogP contribution in [0.1, 0.15) is 16.7 Å². The zero-order valence-electron chi connectivity index (χ0n) is 31.1. The average molecular weight is 719 g/mol. The van der Waals surface area contributed by atoms with Crippen LogP contribution in [0.4, 0.5) is 0 Å². The highest BCUT2D eigenvalue weighted by molar-refractivity contribution is 6.18. The lowest BCUT2D eigenvalue weighted by atomic mass is 9.65. The van der Waals surface area contributed by atoms with Gasteiger partial charge in [0.25, 0.3) is 0 Å². The smallest absolute Gasteiger partial charge is 0.0619 e. The fourth-order valence-corrected chi connectivity index (χ4v) is 10.9. The van der Waals surface area contributed by atoms with Crippen LogP contribution in [0.15, 0.2) is 206 Å². The third-order valence-corrected chi connectivity index (χ3v) is 13.2. The summed E-state index contributed by atoms with van der Waals surface area (Å²) in [5, 5.41) is 15.4. The molecule has 0 N–H and O–H groups in total. The molecule has 0 unspecified atom stereocenters. The summed E-state index contributed by atoms with van der Waals surface area (Å²) >= 11 is 0. The van der Waals surface area contributed by atoms with E-state index < -0.39 is 5.41 Å². The SMILES string of the molecule is C1=C2C=c3c(cc(-c4cc5ccccc5c5ccccc45)c4ccccc34)=C2C2(C=C1c1cc3ccccc3c3ccccc13)c1ccccc1-c1ccccc12. The molecule has 0 nitrogen and oxygen atoms in total. The second-order valence-corrected chi connectivity index (χ2v) is 15.9. The van der Waals surface area contributed by atoms with E-state index in [1.807, 2.05) is 0 Å². The first-order valence-corrected chi connectivity index (χ1v) is 20.0. The Hall–Kier alpha value is -7.28. The van der Waals surface area contributed by atoms with Gasteiger partial charge in [0, 0.05) is 0 Å². The van der Waals surface area contributed by atoms with Gasteiger partial charge in [-0.15, -0.1) is 0 Å². The summed E-state index contributed by atoms with van der Waals surface area (Å²) < 4.78 is 0. The van der Waals surface area contributed by atoms with Crippen LogP contribution in [-0.2, 0) is 5.41 Å². The molecule has 0 fully saturated rings. The van der Waals surface area contributed by atoms with Crippen molar-refractivity contribution in [2.75, 3.05) is 0 Å². The molecule has 10 aromatic rings. The van der Waals surface area contributed by atoms with E-state index in [4.69, 9.17) is 0 Å². The third-order valence-electron chi connectivity index (χ3n) is 13.2. The standard InChI is InChI=1S/C57H34/c1-3-17-39-35(15-1)30-49(43-21-7-5-19-41(39)43)38-29-37-32-51-45-23-9-10-24-46(45)52(50-31-36-16-2-4-18-40(36)42-20-6-8-22-44(42)50)33-53(51)56(37)57(34-38)54-27-13-11-25-47(54)48-26-12-14-28-55(48)57/h1-34H. The minimum Gasteiger partial charge on any atom is -0.0619 e. The maximum Gasteiger partial charge on any atom is 0.0664 e. The Morgan fingerprint density at radius 1 is 0.298 bits per heavy atom. The predicted octanol–water partition coefficient (Wildman–Crippen LogP) is 13.1. The van der Waals surface area contributed by atoms with E-state index in [2.05, 4.69) is 206 Å². The summed E-state index contributed by atoms with van der Waals surface area (Å²) in [5.41, 5.74) is 12.6. The van der Waals surface area contributed by atoms with Crippen LogP contribution in [-0.4, -0.2) is 0 Å².